The van der Waals surface area contributed by atoms with Crippen LogP contribution in [0.4, 0.5) is 11.9 Å². The van der Waals surface area contributed by atoms with Crippen LogP contribution in [0.15, 0.2) is 24.3 Å². The van der Waals surface area contributed by atoms with Crippen molar-refractivity contribution in [1.82, 2.24) is 15.0 Å². The fourth-order valence-corrected chi connectivity index (χ4v) is 2.05. The number of hydrogen-bond donors (Lipinski definition) is 2. The van der Waals surface area contributed by atoms with Crippen LogP contribution in [0.3, 0.4) is 0 Å². The molecular weight excluding hydrogens is 294 g/mol. The van der Waals surface area contributed by atoms with Crippen molar-refractivity contribution in [3.05, 3.63) is 35.7 Å². The lowest BCUT2D eigenvalue weighted by Gasteiger charge is -2.17. The number of nitrogen functional groups attached to an aromatic ring is 1. The molecule has 0 aliphatic carbocycles. The number of nitrogens with zero attached hydrogens (tertiary/aromatic N) is 3. The predicted octanol–water partition coefficient (Wildman–Crippen LogP) is 2.18. The summed E-state index contributed by atoms with van der Waals surface area (Å²) in [6.45, 7) is 4.95. The van der Waals surface area contributed by atoms with Crippen LogP contribution in [0.5, 0.6) is 5.75 Å². The Morgan fingerprint density at radius 3 is 2.52 bits per heavy atom. The minimum Gasteiger partial charge on any atom is -0.497 e. The third kappa shape index (κ3) is 5.37. The molecule has 23 heavy (non-hydrogen) atoms. The fourth-order valence-electron chi connectivity index (χ4n) is 2.05. The minimum absolute atomic E-state index is 0.106. The molecule has 0 spiro atoms. The van der Waals surface area contributed by atoms with Gasteiger partial charge in [-0.1, -0.05) is 19.1 Å². The van der Waals surface area contributed by atoms with E-state index in [1.807, 2.05) is 24.3 Å². The molecule has 124 valence electrons. The van der Waals surface area contributed by atoms with Crippen LogP contribution in [0.25, 0.3) is 0 Å². The first-order chi connectivity index (χ1) is 11.1. The van der Waals surface area contributed by atoms with Gasteiger partial charge in [-0.25, -0.2) is 0 Å². The first-order valence-electron chi connectivity index (χ1n) is 7.56. The summed E-state index contributed by atoms with van der Waals surface area (Å²) in [6.07, 6.45) is 0.882. The number of ether oxygens (including phenoxy) is 2. The summed E-state index contributed by atoms with van der Waals surface area (Å²) < 4.78 is 10.9. The normalized spacial score (nSPS) is 12.0. The van der Waals surface area contributed by atoms with E-state index in [2.05, 4.69) is 27.2 Å². The molecule has 0 fully saturated rings. The molecule has 1 atom stereocenters. The topological polar surface area (TPSA) is 95.2 Å². The molecule has 1 heterocycles. The third-order valence-electron chi connectivity index (χ3n) is 3.34. The van der Waals surface area contributed by atoms with Gasteiger partial charge in [0.15, 0.2) is 0 Å². The van der Waals surface area contributed by atoms with E-state index in [0.717, 1.165) is 17.7 Å². The highest BCUT2D eigenvalue weighted by Gasteiger charge is 2.10. The van der Waals surface area contributed by atoms with Gasteiger partial charge in [0.25, 0.3) is 0 Å². The Labute approximate surface area is 136 Å². The van der Waals surface area contributed by atoms with Crippen molar-refractivity contribution < 1.29 is 9.47 Å². The van der Waals surface area contributed by atoms with Gasteiger partial charge in [0.05, 0.1) is 26.4 Å². The average molecular weight is 317 g/mol. The lowest BCUT2D eigenvalue weighted by atomic mass is 10.2. The molecule has 0 bridgehead atoms. The number of aromatic nitrogens is 3. The SMILES string of the molecule is CCC(COCc1ccc(OC)cc1)Nc1nc(C)nc(N)n1. The average Bonchev–Trinajstić information content (AvgIpc) is 2.53. The van der Waals surface area contributed by atoms with Crippen LogP contribution >= 0.6 is 0 Å². The quantitative estimate of drug-likeness (QED) is 0.770. The fraction of sp³-hybridized carbons (Fsp3) is 0.438. The van der Waals surface area contributed by atoms with E-state index >= 15 is 0 Å². The zero-order valence-electron chi connectivity index (χ0n) is 13.7. The molecule has 1 aromatic heterocycles. The maximum absolute atomic E-state index is 5.77. The minimum atomic E-state index is 0.106. The molecule has 2 aromatic rings. The first kappa shape index (κ1) is 17.0. The summed E-state index contributed by atoms with van der Waals surface area (Å²) in [5.41, 5.74) is 6.73. The van der Waals surface area contributed by atoms with E-state index in [1.165, 1.54) is 0 Å². The van der Waals surface area contributed by atoms with Crippen molar-refractivity contribution in [3.63, 3.8) is 0 Å². The highest BCUT2D eigenvalue weighted by Crippen LogP contribution is 2.12. The summed E-state index contributed by atoms with van der Waals surface area (Å²) in [6, 6.07) is 7.93. The summed E-state index contributed by atoms with van der Waals surface area (Å²) in [7, 11) is 1.65. The van der Waals surface area contributed by atoms with E-state index in [-0.39, 0.29) is 12.0 Å². The van der Waals surface area contributed by atoms with Crippen molar-refractivity contribution in [3.8, 4) is 5.75 Å². The highest BCUT2D eigenvalue weighted by atomic mass is 16.5. The van der Waals surface area contributed by atoms with Gasteiger partial charge in [-0.05, 0) is 31.0 Å². The second kappa shape index (κ2) is 8.28. The van der Waals surface area contributed by atoms with E-state index in [1.54, 1.807) is 14.0 Å². The molecule has 0 saturated carbocycles. The maximum atomic E-state index is 5.77. The number of aryl methyl sites for hydroxylation is 1. The lowest BCUT2D eigenvalue weighted by Crippen LogP contribution is -2.26. The number of nitrogens with one attached hydrogen (secondary N) is 1. The molecule has 0 radical (unpaired) electrons. The Morgan fingerprint density at radius 1 is 1.17 bits per heavy atom. The van der Waals surface area contributed by atoms with Gasteiger partial charge in [-0.3, -0.25) is 0 Å². The van der Waals surface area contributed by atoms with Crippen LogP contribution in [-0.4, -0.2) is 34.7 Å². The van der Waals surface area contributed by atoms with Crippen LogP contribution in [0, 0.1) is 6.92 Å². The molecule has 0 amide bonds. The zero-order valence-corrected chi connectivity index (χ0v) is 13.7. The first-order valence-corrected chi connectivity index (χ1v) is 7.56. The van der Waals surface area contributed by atoms with Gasteiger partial charge < -0.3 is 20.5 Å². The van der Waals surface area contributed by atoms with Gasteiger partial charge in [0, 0.05) is 0 Å². The second-order valence-corrected chi connectivity index (χ2v) is 5.18. The smallest absolute Gasteiger partial charge is 0.228 e. The van der Waals surface area contributed by atoms with Crippen LogP contribution in [-0.2, 0) is 11.3 Å². The van der Waals surface area contributed by atoms with Crippen LogP contribution < -0.4 is 15.8 Å². The van der Waals surface area contributed by atoms with E-state index in [4.69, 9.17) is 15.2 Å². The number of nitrogens with two attached hydrogens (primary N) is 1. The van der Waals surface area contributed by atoms with E-state index < -0.39 is 0 Å². The van der Waals surface area contributed by atoms with E-state index in [0.29, 0.717) is 25.0 Å². The van der Waals surface area contributed by atoms with Crippen molar-refractivity contribution in [1.29, 1.82) is 0 Å². The van der Waals surface area contributed by atoms with Gasteiger partial charge >= 0.3 is 0 Å². The maximum Gasteiger partial charge on any atom is 0.228 e. The van der Waals surface area contributed by atoms with Gasteiger partial charge in [0.2, 0.25) is 11.9 Å². The Hall–Kier alpha value is -2.41. The summed E-state index contributed by atoms with van der Waals surface area (Å²) in [5, 5.41) is 3.23. The van der Waals surface area contributed by atoms with E-state index in [9.17, 15) is 0 Å². The second-order valence-electron chi connectivity index (χ2n) is 5.18. The van der Waals surface area contributed by atoms with Crippen molar-refractivity contribution in [2.24, 2.45) is 0 Å². The monoisotopic (exact) mass is 317 g/mol. The molecule has 1 unspecified atom stereocenters. The molecule has 0 aliphatic rings. The Balaban J connectivity index is 1.84. The van der Waals surface area contributed by atoms with Crippen molar-refractivity contribution >= 4 is 11.9 Å². The zero-order chi connectivity index (χ0) is 16.7. The molecular formula is C16H23N5O2. The number of methoxy groups -OCH3 is 1. The largest absolute Gasteiger partial charge is 0.497 e. The van der Waals surface area contributed by atoms with Gasteiger partial charge in [0.1, 0.15) is 11.6 Å². The molecule has 3 N–H and O–H groups in total. The summed E-state index contributed by atoms with van der Waals surface area (Å²) in [4.78, 5) is 12.3. The Kier molecular flexibility index (Phi) is 6.10. The number of rotatable bonds is 8. The van der Waals surface area contributed by atoms with Gasteiger partial charge in [-0.2, -0.15) is 15.0 Å². The van der Waals surface area contributed by atoms with Crippen LogP contribution in [0.1, 0.15) is 24.7 Å². The number of anilines is 2. The number of hydrogen-bond acceptors (Lipinski definition) is 7. The summed E-state index contributed by atoms with van der Waals surface area (Å²) >= 11 is 0. The Morgan fingerprint density at radius 2 is 1.91 bits per heavy atom. The molecule has 7 heteroatoms. The van der Waals surface area contributed by atoms with Gasteiger partial charge in [-0.15, -0.1) is 0 Å². The summed E-state index contributed by atoms with van der Waals surface area (Å²) in [5.74, 6) is 2.13. The number of benzene rings is 1. The molecule has 0 saturated heterocycles. The van der Waals surface area contributed by atoms with Crippen molar-refractivity contribution in [2.45, 2.75) is 32.9 Å². The standard InChI is InChI=1S/C16H23N5O2/c1-4-13(20-16-19-11(2)18-15(17)21-16)10-23-9-12-5-7-14(22-3)8-6-12/h5-8,13H,4,9-10H2,1-3H3,(H3,17,18,19,20,21). The molecule has 7 nitrogen and oxygen atoms in total. The predicted molar refractivity (Wildman–Crippen MR) is 89.3 cm³/mol. The Bertz CT molecular complexity index is 598. The highest BCUT2D eigenvalue weighted by molar-refractivity contribution is 5.32. The molecule has 2 rings (SSSR count). The van der Waals surface area contributed by atoms with Crippen LogP contribution in [0.2, 0.25) is 0 Å². The molecule has 1 aromatic carbocycles. The molecule has 0 aliphatic heterocycles. The third-order valence-corrected chi connectivity index (χ3v) is 3.34. The lowest BCUT2D eigenvalue weighted by molar-refractivity contribution is 0.111. The van der Waals surface area contributed by atoms with Crippen molar-refractivity contribution in [2.75, 3.05) is 24.8 Å².